The van der Waals surface area contributed by atoms with E-state index in [1.165, 1.54) is 0 Å². The molecule has 1 fully saturated rings. The number of hydrogen-bond acceptors (Lipinski definition) is 5. The fraction of sp³-hybridized carbons (Fsp3) is 0.636. The van der Waals surface area contributed by atoms with Gasteiger partial charge in [0.2, 0.25) is 5.91 Å². The lowest BCUT2D eigenvalue weighted by molar-refractivity contribution is -0.130. The van der Waals surface area contributed by atoms with Gasteiger partial charge in [-0.2, -0.15) is 11.8 Å². The third-order valence-corrected chi connectivity index (χ3v) is 4.49. The van der Waals surface area contributed by atoms with Crippen molar-refractivity contribution in [3.63, 3.8) is 0 Å². The van der Waals surface area contributed by atoms with E-state index in [9.17, 15) is 4.79 Å². The Kier molecular flexibility index (Phi) is 9.82. The van der Waals surface area contributed by atoms with Crippen LogP contribution in [0.25, 0.3) is 0 Å². The van der Waals surface area contributed by atoms with Crippen molar-refractivity contribution in [2.45, 2.75) is 19.0 Å². The van der Waals surface area contributed by atoms with Gasteiger partial charge in [0.15, 0.2) is 0 Å². The summed E-state index contributed by atoms with van der Waals surface area (Å²) < 4.78 is 0. The maximum absolute atomic E-state index is 12.0. The van der Waals surface area contributed by atoms with Crippen molar-refractivity contribution in [2.75, 3.05) is 25.1 Å². The highest BCUT2D eigenvalue weighted by molar-refractivity contribution is 7.99. The number of rotatable bonds is 4. The second-order valence-electron chi connectivity index (χ2n) is 4.16. The van der Waals surface area contributed by atoms with Gasteiger partial charge in [-0.3, -0.25) is 4.79 Å². The molecule has 2 rings (SSSR count). The minimum Gasteiger partial charge on any atom is -0.340 e. The van der Waals surface area contributed by atoms with E-state index in [1.807, 2.05) is 24.2 Å². The fourth-order valence-electron chi connectivity index (χ4n) is 1.76. The Balaban J connectivity index is 0.00000162. The van der Waals surface area contributed by atoms with Gasteiger partial charge in [-0.1, -0.05) is 0 Å². The Morgan fingerprint density at radius 1 is 1.58 bits per heavy atom. The fourth-order valence-corrected chi connectivity index (χ4v) is 3.26. The van der Waals surface area contributed by atoms with Gasteiger partial charge in [0.05, 0.1) is 17.7 Å². The number of aromatic nitrogens is 1. The zero-order valence-electron chi connectivity index (χ0n) is 10.7. The van der Waals surface area contributed by atoms with Crippen molar-refractivity contribution < 1.29 is 4.79 Å². The highest BCUT2D eigenvalue weighted by Gasteiger charge is 2.19. The van der Waals surface area contributed by atoms with Crippen LogP contribution in [-0.2, 0) is 11.3 Å². The third kappa shape index (κ3) is 6.31. The second kappa shape index (κ2) is 9.83. The first-order valence-corrected chi connectivity index (χ1v) is 7.77. The summed E-state index contributed by atoms with van der Waals surface area (Å²) in [4.78, 5) is 17.9. The van der Waals surface area contributed by atoms with Gasteiger partial charge in [0.1, 0.15) is 0 Å². The number of nitrogens with zero attached hydrogens (tertiary/aromatic N) is 2. The molecule has 0 aliphatic carbocycles. The standard InChI is InChI=1S/C11H17N3OS2.2ClH/c1-14(5-10-7-17-8-13-10)11(15)4-9-6-16-3-2-12-9;;/h7-9,12H,2-6H2,1H3;2*1H. The molecule has 1 unspecified atom stereocenters. The topological polar surface area (TPSA) is 45.2 Å². The summed E-state index contributed by atoms with van der Waals surface area (Å²) in [7, 11) is 1.84. The summed E-state index contributed by atoms with van der Waals surface area (Å²) in [6, 6.07) is 0.333. The van der Waals surface area contributed by atoms with Crippen LogP contribution in [0.3, 0.4) is 0 Å². The van der Waals surface area contributed by atoms with E-state index in [1.54, 1.807) is 21.7 Å². The number of amides is 1. The maximum atomic E-state index is 12.0. The number of nitrogens with one attached hydrogen (secondary N) is 1. The Labute approximate surface area is 134 Å². The van der Waals surface area contributed by atoms with Crippen LogP contribution in [-0.4, -0.2) is 46.9 Å². The van der Waals surface area contributed by atoms with Crippen molar-refractivity contribution in [2.24, 2.45) is 0 Å². The van der Waals surface area contributed by atoms with E-state index < -0.39 is 0 Å². The molecule has 1 aromatic heterocycles. The van der Waals surface area contributed by atoms with Crippen molar-refractivity contribution in [3.05, 3.63) is 16.6 Å². The average Bonchev–Trinajstić information content (AvgIpc) is 2.83. The summed E-state index contributed by atoms with van der Waals surface area (Å²) in [6.45, 7) is 1.63. The van der Waals surface area contributed by atoms with Gasteiger partial charge in [0.25, 0.3) is 0 Å². The van der Waals surface area contributed by atoms with Gasteiger partial charge >= 0.3 is 0 Å². The monoisotopic (exact) mass is 343 g/mol. The van der Waals surface area contributed by atoms with Gasteiger partial charge in [-0.15, -0.1) is 36.2 Å². The number of halogens is 2. The molecule has 0 saturated carbocycles. The molecule has 1 aromatic rings. The van der Waals surface area contributed by atoms with Crippen LogP contribution in [0, 0.1) is 0 Å². The number of hydrogen-bond donors (Lipinski definition) is 1. The summed E-state index contributed by atoms with van der Waals surface area (Å²) in [6.07, 6.45) is 0.591. The van der Waals surface area contributed by atoms with E-state index >= 15 is 0 Å². The van der Waals surface area contributed by atoms with Gasteiger partial charge in [-0.05, 0) is 0 Å². The summed E-state index contributed by atoms with van der Waals surface area (Å²) in [5, 5.41) is 5.37. The minimum absolute atomic E-state index is 0. The number of carbonyl (C=O) groups is 1. The highest BCUT2D eigenvalue weighted by Crippen LogP contribution is 2.12. The summed E-state index contributed by atoms with van der Waals surface area (Å²) >= 11 is 3.48. The molecule has 1 amide bonds. The van der Waals surface area contributed by atoms with Crippen LogP contribution in [0.5, 0.6) is 0 Å². The molecule has 1 atom stereocenters. The van der Waals surface area contributed by atoms with E-state index in [2.05, 4.69) is 10.3 Å². The summed E-state index contributed by atoms with van der Waals surface area (Å²) in [5.41, 5.74) is 2.77. The Bertz CT molecular complexity index is 359. The SMILES string of the molecule is CN(Cc1cscn1)C(=O)CC1CSCCN1.Cl.Cl. The molecule has 0 aromatic carbocycles. The van der Waals surface area contributed by atoms with Crippen molar-refractivity contribution >= 4 is 53.8 Å². The smallest absolute Gasteiger partial charge is 0.224 e. The zero-order valence-corrected chi connectivity index (χ0v) is 14.0. The molecule has 8 heteroatoms. The van der Waals surface area contributed by atoms with E-state index in [0.29, 0.717) is 19.0 Å². The molecule has 1 aliphatic rings. The first-order chi connectivity index (χ1) is 8.25. The molecule has 2 heterocycles. The number of thioether (sulfide) groups is 1. The largest absolute Gasteiger partial charge is 0.340 e. The lowest BCUT2D eigenvalue weighted by Gasteiger charge is -2.25. The minimum atomic E-state index is 0. The predicted molar refractivity (Wildman–Crippen MR) is 86.8 cm³/mol. The maximum Gasteiger partial charge on any atom is 0.224 e. The molecular weight excluding hydrogens is 325 g/mol. The van der Waals surface area contributed by atoms with Crippen LogP contribution in [0.4, 0.5) is 0 Å². The molecule has 19 heavy (non-hydrogen) atoms. The Morgan fingerprint density at radius 2 is 2.37 bits per heavy atom. The average molecular weight is 344 g/mol. The molecule has 1 aliphatic heterocycles. The first kappa shape index (κ1) is 19.0. The normalized spacial score (nSPS) is 18.1. The van der Waals surface area contributed by atoms with Gasteiger partial charge < -0.3 is 10.2 Å². The number of thiazole rings is 1. The molecule has 0 bridgehead atoms. The van der Waals surface area contributed by atoms with Crippen LogP contribution < -0.4 is 5.32 Å². The Morgan fingerprint density at radius 3 is 2.95 bits per heavy atom. The van der Waals surface area contributed by atoms with Gasteiger partial charge in [0, 0.05) is 42.9 Å². The highest BCUT2D eigenvalue weighted by atomic mass is 35.5. The van der Waals surface area contributed by atoms with E-state index in [-0.39, 0.29) is 30.7 Å². The predicted octanol–water partition coefficient (Wildman–Crippen LogP) is 2.04. The molecular formula is C11H19Cl2N3OS2. The van der Waals surface area contributed by atoms with E-state index in [0.717, 1.165) is 23.7 Å². The van der Waals surface area contributed by atoms with Crippen LogP contribution in [0.2, 0.25) is 0 Å². The lowest BCUT2D eigenvalue weighted by Crippen LogP contribution is -2.41. The summed E-state index contributed by atoms with van der Waals surface area (Å²) in [5.74, 6) is 2.38. The quantitative estimate of drug-likeness (QED) is 0.908. The van der Waals surface area contributed by atoms with Crippen molar-refractivity contribution in [1.82, 2.24) is 15.2 Å². The molecule has 4 nitrogen and oxygen atoms in total. The Hall–Kier alpha value is -0.0100. The third-order valence-electron chi connectivity index (χ3n) is 2.73. The number of carbonyl (C=O) groups excluding carboxylic acids is 1. The van der Waals surface area contributed by atoms with Gasteiger partial charge in [-0.25, -0.2) is 4.98 Å². The van der Waals surface area contributed by atoms with Crippen molar-refractivity contribution in [1.29, 1.82) is 0 Å². The zero-order chi connectivity index (χ0) is 12.1. The van der Waals surface area contributed by atoms with Crippen LogP contribution in [0.1, 0.15) is 12.1 Å². The van der Waals surface area contributed by atoms with Crippen molar-refractivity contribution in [3.8, 4) is 0 Å². The van der Waals surface area contributed by atoms with E-state index in [4.69, 9.17) is 0 Å². The molecule has 0 radical (unpaired) electrons. The first-order valence-electron chi connectivity index (χ1n) is 5.68. The second-order valence-corrected chi connectivity index (χ2v) is 6.03. The molecule has 1 saturated heterocycles. The molecule has 1 N–H and O–H groups in total. The molecule has 110 valence electrons. The van der Waals surface area contributed by atoms with Crippen LogP contribution in [0.15, 0.2) is 10.9 Å². The van der Waals surface area contributed by atoms with Crippen LogP contribution >= 0.6 is 47.9 Å². The molecule has 0 spiro atoms. The lowest BCUT2D eigenvalue weighted by atomic mass is 10.2.